The number of aromatic hydroxyl groups is 1. The van der Waals surface area contributed by atoms with Crippen molar-refractivity contribution in [1.29, 1.82) is 0 Å². The largest absolute Gasteiger partial charge is 0.494 e. The van der Waals surface area contributed by atoms with E-state index in [2.05, 4.69) is 21.8 Å². The van der Waals surface area contributed by atoms with Crippen molar-refractivity contribution in [2.45, 2.75) is 6.42 Å². The van der Waals surface area contributed by atoms with Crippen molar-refractivity contribution in [3.63, 3.8) is 0 Å². The van der Waals surface area contributed by atoms with E-state index in [0.29, 0.717) is 35.5 Å². The second-order valence-corrected chi connectivity index (χ2v) is 9.75. The molecule has 38 heavy (non-hydrogen) atoms. The van der Waals surface area contributed by atoms with E-state index in [4.69, 9.17) is 4.99 Å². The molecular formula is C30H31N5O3. The number of carbonyl (C=O) groups is 1. The molecule has 1 aliphatic heterocycles. The average molecular weight is 510 g/mol. The van der Waals surface area contributed by atoms with Gasteiger partial charge in [-0.3, -0.25) is 9.69 Å². The highest BCUT2D eigenvalue weighted by Gasteiger charge is 2.24. The summed E-state index contributed by atoms with van der Waals surface area (Å²) in [6.07, 6.45) is 3.90. The minimum Gasteiger partial charge on any atom is -0.494 e. The number of hydrogen-bond donors (Lipinski definition) is 2. The van der Waals surface area contributed by atoms with Gasteiger partial charge >= 0.3 is 0 Å². The summed E-state index contributed by atoms with van der Waals surface area (Å²) in [4.78, 5) is 38.1. The lowest BCUT2D eigenvalue weighted by Crippen LogP contribution is -2.48. The van der Waals surface area contributed by atoms with Gasteiger partial charge in [0.2, 0.25) is 5.91 Å². The van der Waals surface area contributed by atoms with Crippen LogP contribution < -0.4 is 4.90 Å². The highest BCUT2D eigenvalue weighted by Crippen LogP contribution is 2.34. The normalized spacial score (nSPS) is 16.3. The van der Waals surface area contributed by atoms with Crippen LogP contribution in [0.25, 0.3) is 6.08 Å². The Balaban J connectivity index is 1.42. The number of rotatable bonds is 6. The first-order chi connectivity index (χ1) is 18.4. The summed E-state index contributed by atoms with van der Waals surface area (Å²) < 4.78 is 0. The number of piperazine rings is 1. The Morgan fingerprint density at radius 3 is 2.45 bits per heavy atom. The van der Waals surface area contributed by atoms with Crippen LogP contribution in [0.4, 0.5) is 11.4 Å². The van der Waals surface area contributed by atoms with Crippen LogP contribution >= 0.6 is 0 Å². The van der Waals surface area contributed by atoms with Gasteiger partial charge in [0.15, 0.2) is 5.88 Å². The molecule has 2 N–H and O–H groups in total. The second kappa shape index (κ2) is 11.0. The number of nitrogens with one attached hydrogen (secondary N) is 1. The zero-order valence-corrected chi connectivity index (χ0v) is 21.6. The molecule has 8 nitrogen and oxygen atoms in total. The van der Waals surface area contributed by atoms with Crippen LogP contribution in [0.15, 0.2) is 71.2 Å². The van der Waals surface area contributed by atoms with Crippen molar-refractivity contribution in [2.24, 2.45) is 4.99 Å². The highest BCUT2D eigenvalue weighted by atomic mass is 16.3. The van der Waals surface area contributed by atoms with Crippen LogP contribution in [0, 0.1) is 0 Å². The number of anilines is 1. The number of H-pyrrole nitrogens is 1. The molecule has 8 heteroatoms. The maximum Gasteiger partial charge on any atom is 0.240 e. The topological polar surface area (TPSA) is 92.2 Å². The third-order valence-corrected chi connectivity index (χ3v) is 7.14. The Kier molecular flexibility index (Phi) is 7.38. The molecule has 2 aromatic carbocycles. The molecule has 1 fully saturated rings. The van der Waals surface area contributed by atoms with E-state index in [1.807, 2.05) is 66.6 Å². The predicted octanol–water partition coefficient (Wildman–Crippen LogP) is 3.43. The minimum absolute atomic E-state index is 0.000240. The van der Waals surface area contributed by atoms with Crippen molar-refractivity contribution in [2.75, 3.05) is 51.7 Å². The van der Waals surface area contributed by atoms with Crippen molar-refractivity contribution < 1.29 is 14.7 Å². The number of allylic oxidation sites excluding steroid dienone is 2. The van der Waals surface area contributed by atoms with Gasteiger partial charge in [0.25, 0.3) is 0 Å². The molecule has 3 aromatic rings. The second-order valence-electron chi connectivity index (χ2n) is 9.75. The lowest BCUT2D eigenvalue weighted by Gasteiger charge is -2.32. The molecule has 1 amide bonds. The number of likely N-dealkylation sites (N-methyl/N-ethyl adjacent to an activating group) is 2. The molecular weight excluding hydrogens is 478 g/mol. The number of amides is 1. The molecule has 0 atom stereocenters. The van der Waals surface area contributed by atoms with Gasteiger partial charge in [0, 0.05) is 67.7 Å². The molecule has 0 bridgehead atoms. The number of carbonyl (C=O) groups excluding carboxylic acids is 2. The van der Waals surface area contributed by atoms with Crippen LogP contribution in [-0.2, 0) is 16.0 Å². The maximum atomic E-state index is 12.9. The van der Waals surface area contributed by atoms with E-state index in [1.54, 1.807) is 18.0 Å². The standard InChI is InChI=1S/C30H31N5O3/c1-33-14-16-35(17-15-33)19-27(37)34(2)24-11-9-23(10-12-24)31-29(22-6-4-3-5-7-22)28-25-13-8-21(20-36)18-26(25)32-30(28)38/h3-13,32,38H,14-19H2,1-2H3. The molecule has 2 heterocycles. The zero-order chi connectivity index (χ0) is 26.6. The summed E-state index contributed by atoms with van der Waals surface area (Å²) >= 11 is 0. The first-order valence-electron chi connectivity index (χ1n) is 12.7. The molecule has 1 saturated heterocycles. The van der Waals surface area contributed by atoms with Crippen LogP contribution in [-0.4, -0.2) is 84.3 Å². The summed E-state index contributed by atoms with van der Waals surface area (Å²) in [6, 6.07) is 17.2. The van der Waals surface area contributed by atoms with Gasteiger partial charge in [0.1, 0.15) is 5.94 Å². The lowest BCUT2D eigenvalue weighted by atomic mass is 9.94. The van der Waals surface area contributed by atoms with Gasteiger partial charge in [-0.05, 0) is 37.4 Å². The highest BCUT2D eigenvalue weighted by molar-refractivity contribution is 6.17. The molecule has 0 radical (unpaired) electrons. The van der Waals surface area contributed by atoms with E-state index in [0.717, 1.165) is 48.7 Å². The number of benzene rings is 2. The molecule has 194 valence electrons. The maximum absolute atomic E-state index is 12.9. The Hall–Kier alpha value is -4.23. The van der Waals surface area contributed by atoms with E-state index >= 15 is 0 Å². The fourth-order valence-corrected chi connectivity index (χ4v) is 4.81. The van der Waals surface area contributed by atoms with E-state index in [-0.39, 0.29) is 11.8 Å². The summed E-state index contributed by atoms with van der Waals surface area (Å²) in [6.45, 7) is 4.12. The van der Waals surface area contributed by atoms with Crippen molar-refractivity contribution in [3.8, 4) is 5.88 Å². The zero-order valence-electron chi connectivity index (χ0n) is 21.6. The average Bonchev–Trinajstić information content (AvgIpc) is 3.27. The molecule has 1 aromatic heterocycles. The van der Waals surface area contributed by atoms with Gasteiger partial charge in [-0.15, -0.1) is 0 Å². The Morgan fingerprint density at radius 2 is 1.76 bits per heavy atom. The van der Waals surface area contributed by atoms with Crippen LogP contribution in [0.2, 0.25) is 0 Å². The third-order valence-electron chi connectivity index (χ3n) is 7.14. The van der Waals surface area contributed by atoms with Gasteiger partial charge < -0.3 is 19.9 Å². The molecule has 1 aliphatic carbocycles. The van der Waals surface area contributed by atoms with Gasteiger partial charge in [0.05, 0.1) is 23.5 Å². The summed E-state index contributed by atoms with van der Waals surface area (Å²) in [7, 11) is 3.90. The Bertz CT molecular complexity index is 1420. The monoisotopic (exact) mass is 509 g/mol. The summed E-state index contributed by atoms with van der Waals surface area (Å²) in [5, 5.41) is 10.9. The van der Waals surface area contributed by atoms with E-state index < -0.39 is 0 Å². The number of hydrogen-bond acceptors (Lipinski definition) is 6. The van der Waals surface area contributed by atoms with Gasteiger partial charge in [-0.25, -0.2) is 9.79 Å². The molecule has 0 saturated carbocycles. The van der Waals surface area contributed by atoms with Crippen molar-refractivity contribution in [1.82, 2.24) is 14.8 Å². The number of aliphatic imine (C=N–C) groups is 1. The lowest BCUT2D eigenvalue weighted by molar-refractivity contribution is -0.119. The van der Waals surface area contributed by atoms with Crippen molar-refractivity contribution >= 4 is 35.0 Å². The van der Waals surface area contributed by atoms with Gasteiger partial charge in [-0.2, -0.15) is 0 Å². The molecule has 5 rings (SSSR count). The first-order valence-corrected chi connectivity index (χ1v) is 12.7. The van der Waals surface area contributed by atoms with E-state index in [1.165, 1.54) is 0 Å². The fraction of sp³-hybridized carbons (Fsp3) is 0.267. The number of aromatic nitrogens is 1. The first kappa shape index (κ1) is 25.4. The van der Waals surface area contributed by atoms with E-state index in [9.17, 15) is 14.7 Å². The van der Waals surface area contributed by atoms with Crippen LogP contribution in [0.5, 0.6) is 5.88 Å². The summed E-state index contributed by atoms with van der Waals surface area (Å²) in [5.41, 5.74) is 5.58. The molecule has 2 aliphatic rings. The minimum atomic E-state index is 0.000240. The smallest absolute Gasteiger partial charge is 0.240 e. The van der Waals surface area contributed by atoms with Crippen LogP contribution in [0.3, 0.4) is 0 Å². The molecule has 0 unspecified atom stereocenters. The van der Waals surface area contributed by atoms with Crippen LogP contribution in [0.1, 0.15) is 22.4 Å². The number of nitrogens with zero attached hydrogens (tertiary/aromatic N) is 4. The number of fused-ring (bicyclic) bond motifs is 1. The third kappa shape index (κ3) is 5.38. The Morgan fingerprint density at radius 1 is 1.05 bits per heavy atom. The fourth-order valence-electron chi connectivity index (χ4n) is 4.81. The SMILES string of the molecule is CN1CCN(CC(=O)N(C)c2ccc(N=C(c3ccccc3)c3c(O)[nH]c4c3C=CC(=C=O)C4)cc2)CC1. The molecule has 0 spiro atoms. The number of aromatic amines is 1. The predicted molar refractivity (Wildman–Crippen MR) is 150 cm³/mol. The van der Waals surface area contributed by atoms with Gasteiger partial charge in [-0.1, -0.05) is 36.4 Å². The Labute approximate surface area is 222 Å². The quantitative estimate of drug-likeness (QED) is 0.392. The van der Waals surface area contributed by atoms with Crippen molar-refractivity contribution in [3.05, 3.63) is 88.6 Å². The summed E-state index contributed by atoms with van der Waals surface area (Å²) in [5.74, 6) is 1.99.